The van der Waals surface area contributed by atoms with Gasteiger partial charge in [0.25, 0.3) is 0 Å². The Balaban J connectivity index is 2.07. The summed E-state index contributed by atoms with van der Waals surface area (Å²) in [5.41, 5.74) is 0.770. The van der Waals surface area contributed by atoms with Crippen molar-refractivity contribution in [2.24, 2.45) is 0 Å². The molecule has 2 aromatic rings. The SMILES string of the molecule is COc1ccc(C)cc1S(=O)(=O)N[C@H](C)C(=O)NCc1ccco1. The zero-order chi connectivity index (χ0) is 17.7. The summed E-state index contributed by atoms with van der Waals surface area (Å²) < 4.78 is 37.6. The summed E-state index contributed by atoms with van der Waals surface area (Å²) in [6, 6.07) is 7.29. The number of methoxy groups -OCH3 is 1. The van der Waals surface area contributed by atoms with Crippen molar-refractivity contribution in [3.63, 3.8) is 0 Å². The number of nitrogens with one attached hydrogen (secondary N) is 2. The van der Waals surface area contributed by atoms with Gasteiger partial charge in [0.05, 0.1) is 26.0 Å². The molecule has 1 aromatic heterocycles. The smallest absolute Gasteiger partial charge is 0.244 e. The molecular formula is C16H20N2O5S. The maximum absolute atomic E-state index is 12.5. The molecule has 0 aliphatic rings. The fraction of sp³-hybridized carbons (Fsp3) is 0.312. The van der Waals surface area contributed by atoms with Crippen molar-refractivity contribution in [1.29, 1.82) is 0 Å². The van der Waals surface area contributed by atoms with E-state index in [0.29, 0.717) is 5.76 Å². The molecule has 1 amide bonds. The van der Waals surface area contributed by atoms with E-state index in [9.17, 15) is 13.2 Å². The Labute approximate surface area is 141 Å². The molecule has 0 saturated heterocycles. The molecule has 0 spiro atoms. The first-order valence-corrected chi connectivity index (χ1v) is 8.79. The molecule has 0 aliphatic heterocycles. The number of carbonyl (C=O) groups is 1. The van der Waals surface area contributed by atoms with Gasteiger partial charge in [0.15, 0.2) is 0 Å². The van der Waals surface area contributed by atoms with Gasteiger partial charge in [-0.1, -0.05) is 6.07 Å². The fourth-order valence-corrected chi connectivity index (χ4v) is 3.54. The van der Waals surface area contributed by atoms with Crippen LogP contribution < -0.4 is 14.8 Å². The van der Waals surface area contributed by atoms with Crippen molar-refractivity contribution in [2.45, 2.75) is 31.3 Å². The van der Waals surface area contributed by atoms with Crippen molar-refractivity contribution < 1.29 is 22.4 Å². The lowest BCUT2D eigenvalue weighted by Crippen LogP contribution is -2.44. The topological polar surface area (TPSA) is 97.6 Å². The first-order valence-electron chi connectivity index (χ1n) is 7.30. The zero-order valence-corrected chi connectivity index (χ0v) is 14.5. The van der Waals surface area contributed by atoms with Gasteiger partial charge in [0, 0.05) is 0 Å². The third-order valence-corrected chi connectivity index (χ3v) is 4.91. The van der Waals surface area contributed by atoms with E-state index >= 15 is 0 Å². The van der Waals surface area contributed by atoms with Crippen LogP contribution in [0.4, 0.5) is 0 Å². The molecule has 0 bridgehead atoms. The predicted molar refractivity (Wildman–Crippen MR) is 88.1 cm³/mol. The van der Waals surface area contributed by atoms with Gasteiger partial charge in [-0.25, -0.2) is 8.42 Å². The quantitative estimate of drug-likeness (QED) is 0.788. The number of ether oxygens (including phenoxy) is 1. The summed E-state index contributed by atoms with van der Waals surface area (Å²) >= 11 is 0. The van der Waals surface area contributed by atoms with E-state index in [2.05, 4.69) is 10.0 Å². The van der Waals surface area contributed by atoms with Gasteiger partial charge < -0.3 is 14.5 Å². The van der Waals surface area contributed by atoms with Gasteiger partial charge in [0.1, 0.15) is 16.4 Å². The molecule has 0 fully saturated rings. The van der Waals surface area contributed by atoms with Crippen LogP contribution >= 0.6 is 0 Å². The van der Waals surface area contributed by atoms with Crippen molar-refractivity contribution in [2.75, 3.05) is 7.11 Å². The Morgan fingerprint density at radius 1 is 1.33 bits per heavy atom. The highest BCUT2D eigenvalue weighted by Crippen LogP contribution is 2.24. The molecular weight excluding hydrogens is 332 g/mol. The second kappa shape index (κ2) is 7.50. The molecule has 24 heavy (non-hydrogen) atoms. The molecule has 0 aliphatic carbocycles. The van der Waals surface area contributed by atoms with E-state index in [1.165, 1.54) is 26.4 Å². The normalized spacial score (nSPS) is 12.6. The van der Waals surface area contributed by atoms with E-state index in [-0.39, 0.29) is 17.2 Å². The van der Waals surface area contributed by atoms with E-state index in [4.69, 9.17) is 9.15 Å². The van der Waals surface area contributed by atoms with Gasteiger partial charge in [-0.2, -0.15) is 4.72 Å². The van der Waals surface area contributed by atoms with Crippen LogP contribution in [0.15, 0.2) is 45.9 Å². The highest BCUT2D eigenvalue weighted by atomic mass is 32.2. The summed E-state index contributed by atoms with van der Waals surface area (Å²) in [6.07, 6.45) is 1.50. The molecule has 1 atom stereocenters. The lowest BCUT2D eigenvalue weighted by atomic mass is 10.2. The van der Waals surface area contributed by atoms with Gasteiger partial charge >= 0.3 is 0 Å². The van der Waals surface area contributed by atoms with E-state index in [1.807, 2.05) is 0 Å². The molecule has 1 heterocycles. The van der Waals surface area contributed by atoms with E-state index in [1.54, 1.807) is 31.2 Å². The third kappa shape index (κ3) is 4.36. The average Bonchev–Trinajstić information content (AvgIpc) is 3.05. The molecule has 130 valence electrons. The molecule has 0 unspecified atom stereocenters. The summed E-state index contributed by atoms with van der Waals surface area (Å²) in [4.78, 5) is 12.1. The standard InChI is InChI=1S/C16H20N2O5S/c1-11-6-7-14(22-3)15(9-11)24(20,21)18-12(2)16(19)17-10-13-5-4-8-23-13/h4-9,12,18H,10H2,1-3H3,(H,17,19)/t12-/m1/s1. The van der Waals surface area contributed by atoms with Crippen LogP contribution in [0.2, 0.25) is 0 Å². The van der Waals surface area contributed by atoms with Crippen LogP contribution in [0.1, 0.15) is 18.2 Å². The average molecular weight is 352 g/mol. The summed E-state index contributed by atoms with van der Waals surface area (Å²) in [7, 11) is -2.51. The van der Waals surface area contributed by atoms with Crippen LogP contribution in [0.25, 0.3) is 0 Å². The predicted octanol–water partition coefficient (Wildman–Crippen LogP) is 1.58. The number of furan rings is 1. The number of amides is 1. The number of rotatable bonds is 7. The Kier molecular flexibility index (Phi) is 5.63. The van der Waals surface area contributed by atoms with Crippen molar-refractivity contribution in [3.05, 3.63) is 47.9 Å². The lowest BCUT2D eigenvalue weighted by Gasteiger charge is -2.16. The maximum Gasteiger partial charge on any atom is 0.244 e. The van der Waals surface area contributed by atoms with Crippen molar-refractivity contribution in [3.8, 4) is 5.75 Å². The minimum Gasteiger partial charge on any atom is -0.495 e. The van der Waals surface area contributed by atoms with Gasteiger partial charge in [0.2, 0.25) is 15.9 Å². The van der Waals surface area contributed by atoms with E-state index in [0.717, 1.165) is 5.56 Å². The highest BCUT2D eigenvalue weighted by Gasteiger charge is 2.25. The molecule has 2 rings (SSSR count). The number of aryl methyl sites for hydroxylation is 1. The molecule has 2 N–H and O–H groups in total. The van der Waals surface area contributed by atoms with Crippen LogP contribution in [0, 0.1) is 6.92 Å². The summed E-state index contributed by atoms with van der Waals surface area (Å²) in [5, 5.41) is 2.61. The van der Waals surface area contributed by atoms with Crippen LogP contribution in [-0.2, 0) is 21.4 Å². The summed E-state index contributed by atoms with van der Waals surface area (Å²) in [5.74, 6) is 0.344. The van der Waals surface area contributed by atoms with Crippen molar-refractivity contribution in [1.82, 2.24) is 10.0 Å². The second-order valence-electron chi connectivity index (χ2n) is 5.29. The van der Waals surface area contributed by atoms with Gasteiger partial charge in [-0.05, 0) is 43.7 Å². The number of hydrogen-bond acceptors (Lipinski definition) is 5. The van der Waals surface area contributed by atoms with E-state index < -0.39 is 22.0 Å². The number of benzene rings is 1. The number of carbonyl (C=O) groups excluding carboxylic acids is 1. The Hall–Kier alpha value is -2.32. The Morgan fingerprint density at radius 3 is 2.71 bits per heavy atom. The first-order chi connectivity index (χ1) is 11.3. The largest absolute Gasteiger partial charge is 0.495 e. The fourth-order valence-electron chi connectivity index (χ4n) is 2.08. The Morgan fingerprint density at radius 2 is 2.08 bits per heavy atom. The Bertz CT molecular complexity index is 800. The molecule has 1 aromatic carbocycles. The molecule has 7 nitrogen and oxygen atoms in total. The summed E-state index contributed by atoms with van der Waals surface area (Å²) in [6.45, 7) is 3.43. The minimum atomic E-state index is -3.90. The molecule has 8 heteroatoms. The second-order valence-corrected chi connectivity index (χ2v) is 6.98. The van der Waals surface area contributed by atoms with Crippen LogP contribution in [0.5, 0.6) is 5.75 Å². The zero-order valence-electron chi connectivity index (χ0n) is 13.7. The number of hydrogen-bond donors (Lipinski definition) is 2. The van der Waals surface area contributed by atoms with Gasteiger partial charge in [-0.15, -0.1) is 0 Å². The maximum atomic E-state index is 12.5. The first kappa shape index (κ1) is 18.0. The molecule has 0 radical (unpaired) electrons. The van der Waals surface area contributed by atoms with Crippen molar-refractivity contribution >= 4 is 15.9 Å². The van der Waals surface area contributed by atoms with Gasteiger partial charge in [-0.3, -0.25) is 4.79 Å². The minimum absolute atomic E-state index is 0.00400. The monoisotopic (exact) mass is 352 g/mol. The molecule has 0 saturated carbocycles. The highest BCUT2D eigenvalue weighted by molar-refractivity contribution is 7.89. The number of sulfonamides is 1. The van der Waals surface area contributed by atoms with Crippen LogP contribution in [-0.4, -0.2) is 27.5 Å². The third-order valence-electron chi connectivity index (χ3n) is 3.35. The van der Waals surface area contributed by atoms with Crippen LogP contribution in [0.3, 0.4) is 0 Å². The lowest BCUT2D eigenvalue weighted by molar-refractivity contribution is -0.122.